The summed E-state index contributed by atoms with van der Waals surface area (Å²) < 4.78 is 1.78. The van der Waals surface area contributed by atoms with Gasteiger partial charge in [0.15, 0.2) is 0 Å². The van der Waals surface area contributed by atoms with E-state index in [2.05, 4.69) is 16.5 Å². The number of aromatic carboxylic acids is 1. The zero-order chi connectivity index (χ0) is 27.5. The number of carbonyl (C=O) groups is 2. The highest BCUT2D eigenvalue weighted by atomic mass is 35.5. The third kappa shape index (κ3) is 5.52. The fraction of sp³-hybridized carbons (Fsp3) is 0.0968. The van der Waals surface area contributed by atoms with E-state index in [-0.39, 0.29) is 17.5 Å². The molecule has 1 atom stereocenters. The van der Waals surface area contributed by atoms with Gasteiger partial charge in [-0.05, 0) is 77.7 Å². The lowest BCUT2D eigenvalue weighted by Gasteiger charge is -2.17. The second kappa shape index (κ2) is 10.8. The first-order valence-electron chi connectivity index (χ1n) is 12.2. The van der Waals surface area contributed by atoms with E-state index in [0.717, 1.165) is 27.6 Å². The maximum atomic E-state index is 13.7. The van der Waals surface area contributed by atoms with Gasteiger partial charge in [0, 0.05) is 10.4 Å². The Bertz CT molecular complexity index is 1740. The van der Waals surface area contributed by atoms with Gasteiger partial charge in [0.05, 0.1) is 47.1 Å². The van der Waals surface area contributed by atoms with E-state index >= 15 is 0 Å². The molecule has 0 aliphatic carbocycles. The summed E-state index contributed by atoms with van der Waals surface area (Å²) in [5, 5.41) is 27.4. The van der Waals surface area contributed by atoms with E-state index in [0.29, 0.717) is 28.2 Å². The highest BCUT2D eigenvalue weighted by Gasteiger charge is 2.20. The molecule has 192 valence electrons. The number of benzene rings is 4. The Morgan fingerprint density at radius 3 is 2.44 bits per heavy atom. The highest BCUT2D eigenvalue weighted by molar-refractivity contribution is 6.30. The van der Waals surface area contributed by atoms with Gasteiger partial charge in [-0.25, -0.2) is 4.79 Å². The zero-order valence-corrected chi connectivity index (χ0v) is 21.7. The number of fused-ring (bicyclic) bond motifs is 1. The van der Waals surface area contributed by atoms with Crippen molar-refractivity contribution in [1.82, 2.24) is 15.1 Å². The molecule has 0 saturated carbocycles. The smallest absolute Gasteiger partial charge is 0.335 e. The lowest BCUT2D eigenvalue weighted by atomic mass is 9.98. The first kappa shape index (κ1) is 25.7. The molecule has 0 radical (unpaired) electrons. The topological polar surface area (TPSA) is 108 Å². The molecular formula is C31H23ClN4O3. The van der Waals surface area contributed by atoms with Gasteiger partial charge in [0.2, 0.25) is 0 Å². The van der Waals surface area contributed by atoms with E-state index in [1.807, 2.05) is 49.4 Å². The van der Waals surface area contributed by atoms with Crippen molar-refractivity contribution in [2.24, 2.45) is 0 Å². The second-order valence-electron chi connectivity index (χ2n) is 9.21. The monoisotopic (exact) mass is 534 g/mol. The Morgan fingerprint density at radius 2 is 1.77 bits per heavy atom. The van der Waals surface area contributed by atoms with E-state index in [1.54, 1.807) is 41.2 Å². The number of nitrogens with one attached hydrogen (secondary N) is 1. The number of hydrogen-bond acceptors (Lipinski definition) is 4. The van der Waals surface area contributed by atoms with Crippen LogP contribution in [0.5, 0.6) is 0 Å². The van der Waals surface area contributed by atoms with E-state index < -0.39 is 5.97 Å². The van der Waals surface area contributed by atoms with Crippen LogP contribution in [-0.4, -0.2) is 26.8 Å². The minimum Gasteiger partial charge on any atom is -0.478 e. The number of hydrogen-bond donors (Lipinski definition) is 2. The van der Waals surface area contributed by atoms with E-state index in [1.165, 1.54) is 12.1 Å². The summed E-state index contributed by atoms with van der Waals surface area (Å²) in [7, 11) is 0. The molecule has 8 heteroatoms. The van der Waals surface area contributed by atoms with Crippen LogP contribution in [-0.2, 0) is 6.54 Å². The van der Waals surface area contributed by atoms with Gasteiger partial charge in [-0.3, -0.25) is 9.48 Å². The Hall–Kier alpha value is -4.93. The summed E-state index contributed by atoms with van der Waals surface area (Å²) in [6.07, 6.45) is 1.73. The van der Waals surface area contributed by atoms with Crippen molar-refractivity contribution >= 4 is 34.4 Å². The maximum Gasteiger partial charge on any atom is 0.335 e. The molecule has 39 heavy (non-hydrogen) atoms. The Labute approximate surface area is 229 Å². The standard InChI is InChI=1S/C31H23ClN4O3/c1-19(22-9-11-24(12-10-22)31(38)39)35-30(37)28-15-25(23-7-5-20(16-33)6-8-23)14-26-17-34-36(29(26)28)18-21-3-2-4-27(32)13-21/h2-15,17,19H,18H2,1H3,(H,35,37)(H,38,39)/t19-/m0/s1. The lowest BCUT2D eigenvalue weighted by molar-refractivity contribution is 0.0696. The molecule has 0 aliphatic heterocycles. The summed E-state index contributed by atoms with van der Waals surface area (Å²) in [6.45, 7) is 2.27. The number of rotatable bonds is 7. The van der Waals surface area contributed by atoms with E-state index in [4.69, 9.17) is 16.9 Å². The van der Waals surface area contributed by atoms with Crippen LogP contribution in [0.25, 0.3) is 22.0 Å². The summed E-state index contributed by atoms with van der Waals surface area (Å²) in [5.74, 6) is -1.30. The fourth-order valence-electron chi connectivity index (χ4n) is 4.51. The summed E-state index contributed by atoms with van der Waals surface area (Å²) in [6, 6.07) is 26.7. The normalized spacial score (nSPS) is 11.6. The van der Waals surface area contributed by atoms with Crippen LogP contribution in [0, 0.1) is 11.3 Å². The van der Waals surface area contributed by atoms with Crippen molar-refractivity contribution in [3.8, 4) is 17.2 Å². The number of carboxylic acids is 1. The predicted molar refractivity (Wildman–Crippen MR) is 150 cm³/mol. The lowest BCUT2D eigenvalue weighted by Crippen LogP contribution is -2.27. The number of nitriles is 1. The fourth-order valence-corrected chi connectivity index (χ4v) is 4.72. The molecule has 0 aliphatic rings. The SMILES string of the molecule is C[C@H](NC(=O)c1cc(-c2ccc(C#N)cc2)cc2cnn(Cc3cccc(Cl)c3)c12)c1ccc(C(=O)O)cc1. The molecule has 0 spiro atoms. The van der Waals surface area contributed by atoms with Crippen LogP contribution < -0.4 is 5.32 Å². The molecule has 0 fully saturated rings. The number of nitrogens with zero attached hydrogens (tertiary/aromatic N) is 3. The molecular weight excluding hydrogens is 512 g/mol. The molecule has 5 aromatic rings. The van der Waals surface area contributed by atoms with Gasteiger partial charge in [0.1, 0.15) is 0 Å². The van der Waals surface area contributed by atoms with Crippen LogP contribution in [0.1, 0.15) is 50.4 Å². The van der Waals surface area contributed by atoms with Crippen molar-refractivity contribution in [3.05, 3.63) is 124 Å². The Balaban J connectivity index is 1.55. The van der Waals surface area contributed by atoms with Crippen LogP contribution in [0.3, 0.4) is 0 Å². The van der Waals surface area contributed by atoms with Gasteiger partial charge in [0.25, 0.3) is 5.91 Å². The van der Waals surface area contributed by atoms with Gasteiger partial charge >= 0.3 is 5.97 Å². The molecule has 2 N–H and O–H groups in total. The summed E-state index contributed by atoms with van der Waals surface area (Å²) >= 11 is 6.19. The maximum absolute atomic E-state index is 13.7. The van der Waals surface area contributed by atoms with Crippen molar-refractivity contribution in [2.45, 2.75) is 19.5 Å². The number of carbonyl (C=O) groups excluding carboxylic acids is 1. The molecule has 4 aromatic carbocycles. The van der Waals surface area contributed by atoms with Gasteiger partial charge in [-0.1, -0.05) is 48.0 Å². The molecule has 5 rings (SSSR count). The van der Waals surface area contributed by atoms with Crippen LogP contribution in [0.2, 0.25) is 5.02 Å². The van der Waals surface area contributed by atoms with Crippen LogP contribution in [0.15, 0.2) is 91.1 Å². The Kier molecular flexibility index (Phi) is 7.13. The summed E-state index contributed by atoms with van der Waals surface area (Å²) in [4.78, 5) is 25.0. The quantitative estimate of drug-likeness (QED) is 0.249. The molecule has 1 heterocycles. The van der Waals surface area contributed by atoms with E-state index in [9.17, 15) is 14.7 Å². The number of aromatic nitrogens is 2. The zero-order valence-electron chi connectivity index (χ0n) is 20.9. The third-order valence-corrected chi connectivity index (χ3v) is 6.79. The number of amides is 1. The Morgan fingerprint density at radius 1 is 1.03 bits per heavy atom. The molecule has 0 saturated heterocycles. The van der Waals surface area contributed by atoms with Crippen LogP contribution >= 0.6 is 11.6 Å². The largest absolute Gasteiger partial charge is 0.478 e. The van der Waals surface area contributed by atoms with Crippen molar-refractivity contribution in [2.75, 3.05) is 0 Å². The van der Waals surface area contributed by atoms with Gasteiger partial charge in [-0.2, -0.15) is 10.4 Å². The number of carboxylic acid groups (broad SMARTS) is 1. The minimum atomic E-state index is -1.01. The number of halogens is 1. The molecule has 0 bridgehead atoms. The molecule has 1 amide bonds. The van der Waals surface area contributed by atoms with Crippen molar-refractivity contribution in [3.63, 3.8) is 0 Å². The third-order valence-electron chi connectivity index (χ3n) is 6.55. The van der Waals surface area contributed by atoms with Crippen molar-refractivity contribution in [1.29, 1.82) is 5.26 Å². The van der Waals surface area contributed by atoms with Crippen molar-refractivity contribution < 1.29 is 14.7 Å². The van der Waals surface area contributed by atoms with Crippen LogP contribution in [0.4, 0.5) is 0 Å². The predicted octanol–water partition coefficient (Wildman–Crippen LogP) is 6.47. The highest BCUT2D eigenvalue weighted by Crippen LogP contribution is 2.29. The van der Waals surface area contributed by atoms with Gasteiger partial charge in [-0.15, -0.1) is 0 Å². The molecule has 0 unspecified atom stereocenters. The first-order chi connectivity index (χ1) is 18.8. The molecule has 1 aromatic heterocycles. The molecule has 7 nitrogen and oxygen atoms in total. The summed E-state index contributed by atoms with van der Waals surface area (Å²) in [5.41, 5.74) is 5.26. The average Bonchev–Trinajstić information content (AvgIpc) is 3.35. The second-order valence-corrected chi connectivity index (χ2v) is 9.64. The average molecular weight is 535 g/mol. The minimum absolute atomic E-state index is 0.180. The van der Waals surface area contributed by atoms with Gasteiger partial charge < -0.3 is 10.4 Å². The first-order valence-corrected chi connectivity index (χ1v) is 12.6.